The van der Waals surface area contributed by atoms with Crippen molar-refractivity contribution in [2.24, 2.45) is 0 Å². The molecule has 3 rings (SSSR count). The van der Waals surface area contributed by atoms with E-state index in [1.807, 2.05) is 6.07 Å². The number of anilines is 1. The average Bonchev–Trinajstić information content (AvgIpc) is 2.88. The van der Waals surface area contributed by atoms with E-state index in [0.717, 1.165) is 29.8 Å². The van der Waals surface area contributed by atoms with Crippen LogP contribution in [0.15, 0.2) is 18.2 Å². The minimum atomic E-state index is 0.0217. The van der Waals surface area contributed by atoms with Crippen molar-refractivity contribution in [3.63, 3.8) is 0 Å². The van der Waals surface area contributed by atoms with Crippen molar-refractivity contribution in [3.05, 3.63) is 29.3 Å². The van der Waals surface area contributed by atoms with Gasteiger partial charge in [0.05, 0.1) is 32.3 Å². The number of nitrogens with one attached hydrogen (secondary N) is 2. The number of amides is 1. The molecule has 1 saturated heterocycles. The quantitative estimate of drug-likeness (QED) is 0.865. The van der Waals surface area contributed by atoms with Crippen molar-refractivity contribution in [2.45, 2.75) is 31.9 Å². The predicted octanol–water partition coefficient (Wildman–Crippen LogP) is 1.64. The molecule has 2 heterocycles. The lowest BCUT2D eigenvalue weighted by Gasteiger charge is -2.31. The van der Waals surface area contributed by atoms with E-state index >= 15 is 0 Å². The smallest absolute Gasteiger partial charge is 0.228 e. The molecule has 1 amide bonds. The first-order valence-electron chi connectivity index (χ1n) is 7.63. The Kier molecular flexibility index (Phi) is 4.53. The van der Waals surface area contributed by atoms with Gasteiger partial charge in [-0.2, -0.15) is 0 Å². The topological polar surface area (TPSA) is 59.6 Å². The van der Waals surface area contributed by atoms with Gasteiger partial charge in [0.2, 0.25) is 5.91 Å². The van der Waals surface area contributed by atoms with Crippen LogP contribution in [-0.4, -0.2) is 38.4 Å². The summed E-state index contributed by atoms with van der Waals surface area (Å²) in [5.41, 5.74) is 3.16. The van der Waals surface area contributed by atoms with Gasteiger partial charge in [0.1, 0.15) is 6.10 Å². The zero-order valence-corrected chi connectivity index (χ0v) is 12.4. The van der Waals surface area contributed by atoms with Crippen molar-refractivity contribution < 1.29 is 14.3 Å². The molecule has 2 atom stereocenters. The lowest BCUT2D eigenvalue weighted by atomic mass is 9.98. The molecule has 1 fully saturated rings. The van der Waals surface area contributed by atoms with Gasteiger partial charge in [0.25, 0.3) is 0 Å². The maximum atomic E-state index is 11.5. The number of rotatable bonds is 5. The van der Waals surface area contributed by atoms with Crippen molar-refractivity contribution in [2.75, 3.05) is 31.7 Å². The molecule has 0 spiro atoms. The highest BCUT2D eigenvalue weighted by molar-refractivity contribution is 5.99. The Morgan fingerprint density at radius 1 is 1.43 bits per heavy atom. The number of fused-ring (bicyclic) bond motifs is 1. The zero-order valence-electron chi connectivity index (χ0n) is 12.4. The van der Waals surface area contributed by atoms with E-state index < -0.39 is 0 Å². The van der Waals surface area contributed by atoms with Crippen LogP contribution in [0.5, 0.6) is 0 Å². The molecular weight excluding hydrogens is 268 g/mol. The van der Waals surface area contributed by atoms with Gasteiger partial charge in [-0.25, -0.2) is 0 Å². The van der Waals surface area contributed by atoms with Crippen molar-refractivity contribution in [1.82, 2.24) is 5.32 Å². The fourth-order valence-corrected chi connectivity index (χ4v) is 2.90. The van der Waals surface area contributed by atoms with Crippen LogP contribution < -0.4 is 10.6 Å². The molecule has 5 nitrogen and oxygen atoms in total. The molecule has 0 saturated carbocycles. The Balaban J connectivity index is 1.82. The highest BCUT2D eigenvalue weighted by Crippen LogP contribution is 2.29. The van der Waals surface area contributed by atoms with Gasteiger partial charge in [-0.1, -0.05) is 19.1 Å². The summed E-state index contributed by atoms with van der Waals surface area (Å²) in [5, 5.41) is 6.42. The summed E-state index contributed by atoms with van der Waals surface area (Å²) >= 11 is 0. The van der Waals surface area contributed by atoms with Crippen LogP contribution in [0.25, 0.3) is 0 Å². The zero-order chi connectivity index (χ0) is 14.7. The summed E-state index contributed by atoms with van der Waals surface area (Å²) < 4.78 is 11.4. The van der Waals surface area contributed by atoms with Gasteiger partial charge < -0.3 is 20.1 Å². The molecule has 0 aromatic heterocycles. The second-order valence-electron chi connectivity index (χ2n) is 5.56. The summed E-state index contributed by atoms with van der Waals surface area (Å²) in [6.07, 6.45) is 1.55. The normalized spacial score (nSPS) is 22.7. The Morgan fingerprint density at radius 3 is 3.10 bits per heavy atom. The Morgan fingerprint density at radius 2 is 2.33 bits per heavy atom. The molecule has 114 valence electrons. The molecule has 2 aliphatic heterocycles. The summed E-state index contributed by atoms with van der Waals surface area (Å²) in [4.78, 5) is 11.5. The van der Waals surface area contributed by atoms with Gasteiger partial charge >= 0.3 is 0 Å². The molecule has 5 heteroatoms. The fraction of sp³-hybridized carbons (Fsp3) is 0.562. The third-order valence-corrected chi connectivity index (χ3v) is 3.94. The molecule has 2 aliphatic rings. The van der Waals surface area contributed by atoms with Crippen LogP contribution in [-0.2, 0) is 20.7 Å². The van der Waals surface area contributed by atoms with E-state index in [1.165, 1.54) is 0 Å². The molecule has 1 aromatic rings. The molecule has 2 N–H and O–H groups in total. The van der Waals surface area contributed by atoms with Gasteiger partial charge in [-0.3, -0.25) is 4.79 Å². The third kappa shape index (κ3) is 3.26. The molecule has 0 bridgehead atoms. The second kappa shape index (κ2) is 6.56. The number of carbonyl (C=O) groups excluding carboxylic acids is 1. The Bertz CT molecular complexity index is 512. The van der Waals surface area contributed by atoms with Gasteiger partial charge in [-0.05, 0) is 30.2 Å². The number of hydrogen-bond donors (Lipinski definition) is 2. The maximum absolute atomic E-state index is 11.5. The predicted molar refractivity (Wildman–Crippen MR) is 80.4 cm³/mol. The van der Waals surface area contributed by atoms with Crippen molar-refractivity contribution in [1.29, 1.82) is 0 Å². The van der Waals surface area contributed by atoms with Gasteiger partial charge in [-0.15, -0.1) is 0 Å². The molecule has 2 unspecified atom stereocenters. The van der Waals surface area contributed by atoms with E-state index in [4.69, 9.17) is 9.47 Å². The summed E-state index contributed by atoms with van der Waals surface area (Å²) in [6, 6.07) is 6.26. The SMILES string of the molecule is CCCNC(c1ccc2c(c1)CC(=O)N2)C1COCCO1. The minimum Gasteiger partial charge on any atom is -0.376 e. The van der Waals surface area contributed by atoms with Crippen LogP contribution >= 0.6 is 0 Å². The van der Waals surface area contributed by atoms with Crippen LogP contribution in [0.4, 0.5) is 5.69 Å². The van der Waals surface area contributed by atoms with E-state index in [0.29, 0.717) is 26.2 Å². The highest BCUT2D eigenvalue weighted by atomic mass is 16.6. The highest BCUT2D eigenvalue weighted by Gasteiger charge is 2.27. The monoisotopic (exact) mass is 290 g/mol. The minimum absolute atomic E-state index is 0.0217. The second-order valence-corrected chi connectivity index (χ2v) is 5.56. The summed E-state index contributed by atoms with van der Waals surface area (Å²) in [5.74, 6) is 0.0671. The van der Waals surface area contributed by atoms with Gasteiger partial charge in [0, 0.05) is 5.69 Å². The standard InChI is InChI=1S/C16H22N2O3/c1-2-5-17-16(14-10-20-6-7-21-14)11-3-4-13-12(8-11)9-15(19)18-13/h3-4,8,14,16-17H,2,5-7,9-10H2,1H3,(H,18,19). The molecule has 21 heavy (non-hydrogen) atoms. The van der Waals surface area contributed by atoms with Crippen LogP contribution in [0.3, 0.4) is 0 Å². The average molecular weight is 290 g/mol. The van der Waals surface area contributed by atoms with Crippen molar-refractivity contribution >= 4 is 11.6 Å². The first-order valence-corrected chi connectivity index (χ1v) is 7.63. The molecule has 0 aliphatic carbocycles. The lowest BCUT2D eigenvalue weighted by molar-refractivity contribution is -0.115. The Hall–Kier alpha value is -1.43. The van der Waals surface area contributed by atoms with E-state index in [9.17, 15) is 4.79 Å². The maximum Gasteiger partial charge on any atom is 0.228 e. The van der Waals surface area contributed by atoms with E-state index in [2.05, 4.69) is 29.7 Å². The number of ether oxygens (including phenoxy) is 2. The first-order chi connectivity index (χ1) is 10.3. The fourth-order valence-electron chi connectivity index (χ4n) is 2.90. The summed E-state index contributed by atoms with van der Waals surface area (Å²) in [6.45, 7) is 4.99. The first kappa shape index (κ1) is 14.5. The largest absolute Gasteiger partial charge is 0.376 e. The van der Waals surface area contributed by atoms with Crippen LogP contribution in [0.2, 0.25) is 0 Å². The molecule has 0 radical (unpaired) electrons. The van der Waals surface area contributed by atoms with Crippen molar-refractivity contribution in [3.8, 4) is 0 Å². The summed E-state index contributed by atoms with van der Waals surface area (Å²) in [7, 11) is 0. The van der Waals surface area contributed by atoms with E-state index in [1.54, 1.807) is 0 Å². The van der Waals surface area contributed by atoms with E-state index in [-0.39, 0.29) is 18.1 Å². The Labute approximate surface area is 125 Å². The molecular formula is C16H22N2O3. The van der Waals surface area contributed by atoms with Crippen LogP contribution in [0, 0.1) is 0 Å². The lowest BCUT2D eigenvalue weighted by Crippen LogP contribution is -2.40. The number of carbonyl (C=O) groups is 1. The van der Waals surface area contributed by atoms with Crippen LogP contribution in [0.1, 0.15) is 30.5 Å². The van der Waals surface area contributed by atoms with Gasteiger partial charge in [0.15, 0.2) is 0 Å². The number of benzene rings is 1. The molecule has 1 aromatic carbocycles. The number of hydrogen-bond acceptors (Lipinski definition) is 4. The third-order valence-electron chi connectivity index (χ3n) is 3.94.